The Kier molecular flexibility index (Phi) is 4.79. The highest BCUT2D eigenvalue weighted by atomic mass is 19.1. The van der Waals surface area contributed by atoms with Crippen molar-refractivity contribution in [1.82, 2.24) is 4.90 Å². The molecule has 5 nitrogen and oxygen atoms in total. The van der Waals surface area contributed by atoms with Gasteiger partial charge in [-0.05, 0) is 18.9 Å². The predicted molar refractivity (Wildman–Crippen MR) is 89.0 cm³/mol. The summed E-state index contributed by atoms with van der Waals surface area (Å²) >= 11 is 0. The van der Waals surface area contributed by atoms with Gasteiger partial charge in [0, 0.05) is 30.8 Å². The first-order valence-corrected chi connectivity index (χ1v) is 8.18. The van der Waals surface area contributed by atoms with Crippen LogP contribution >= 0.6 is 0 Å². The van der Waals surface area contributed by atoms with Crippen LogP contribution in [0.5, 0.6) is 0 Å². The number of carbonyl (C=O) groups excluding carboxylic acids is 2. The molecule has 0 fully saturated rings. The van der Waals surface area contributed by atoms with Crippen molar-refractivity contribution in [2.75, 3.05) is 13.1 Å². The number of benzene rings is 1. The number of rotatable bonds is 4. The monoisotopic (exact) mass is 343 g/mol. The van der Waals surface area contributed by atoms with E-state index in [1.54, 1.807) is 35.3 Å². The molecule has 1 aromatic carbocycles. The summed E-state index contributed by atoms with van der Waals surface area (Å²) in [4.78, 5) is 37.6. The van der Waals surface area contributed by atoms with Crippen molar-refractivity contribution in [2.45, 2.75) is 19.3 Å². The Hall–Kier alpha value is -2.76. The Morgan fingerprint density at radius 3 is 2.76 bits per heavy atom. The molecule has 25 heavy (non-hydrogen) atoms. The summed E-state index contributed by atoms with van der Waals surface area (Å²) in [6.07, 6.45) is 4.84. The minimum Gasteiger partial charge on any atom is -0.481 e. The number of carboxylic acids is 1. The normalized spacial score (nSPS) is 21.0. The number of aliphatic carboxylic acids is 1. The lowest BCUT2D eigenvalue weighted by Gasteiger charge is -2.36. The molecule has 1 N–H and O–H groups in total. The van der Waals surface area contributed by atoms with Gasteiger partial charge in [-0.2, -0.15) is 0 Å². The van der Waals surface area contributed by atoms with Crippen molar-refractivity contribution in [3.05, 3.63) is 53.0 Å². The van der Waals surface area contributed by atoms with E-state index in [1.807, 2.05) is 0 Å². The zero-order chi connectivity index (χ0) is 18.0. The average Bonchev–Trinajstić information content (AvgIpc) is 2.58. The van der Waals surface area contributed by atoms with Crippen LogP contribution in [0.1, 0.15) is 24.8 Å². The van der Waals surface area contributed by atoms with E-state index in [1.165, 1.54) is 6.07 Å². The van der Waals surface area contributed by atoms with Crippen LogP contribution in [-0.2, 0) is 14.4 Å². The first kappa shape index (κ1) is 17.1. The van der Waals surface area contributed by atoms with Gasteiger partial charge in [0.2, 0.25) is 0 Å². The molecule has 1 heterocycles. The lowest BCUT2D eigenvalue weighted by atomic mass is 9.82. The van der Waals surface area contributed by atoms with E-state index >= 15 is 0 Å². The molecule has 6 heteroatoms. The maximum Gasteiger partial charge on any atom is 0.316 e. The average molecular weight is 343 g/mol. The van der Waals surface area contributed by atoms with Gasteiger partial charge in [-0.25, -0.2) is 4.39 Å². The van der Waals surface area contributed by atoms with E-state index in [-0.39, 0.29) is 30.1 Å². The minimum atomic E-state index is -1.23. The van der Waals surface area contributed by atoms with E-state index in [0.29, 0.717) is 30.6 Å². The molecule has 2 aliphatic rings. The third-order valence-corrected chi connectivity index (χ3v) is 4.56. The first-order valence-electron chi connectivity index (χ1n) is 8.18. The SMILES string of the molecule is O=C1CCCC2=C1C(=O)C(C(=O)O)CN2C/C=C/c1ccccc1F. The number of hydrogen-bond acceptors (Lipinski definition) is 4. The third-order valence-electron chi connectivity index (χ3n) is 4.56. The van der Waals surface area contributed by atoms with Gasteiger partial charge in [0.05, 0.1) is 5.57 Å². The quantitative estimate of drug-likeness (QED) is 0.671. The summed E-state index contributed by atoms with van der Waals surface area (Å²) < 4.78 is 13.7. The topological polar surface area (TPSA) is 74.7 Å². The fourth-order valence-corrected chi connectivity index (χ4v) is 3.30. The number of carbonyl (C=O) groups is 3. The van der Waals surface area contributed by atoms with Crippen molar-refractivity contribution in [2.24, 2.45) is 5.92 Å². The van der Waals surface area contributed by atoms with E-state index < -0.39 is 17.7 Å². The lowest BCUT2D eigenvalue weighted by molar-refractivity contribution is -0.146. The third kappa shape index (κ3) is 3.38. The molecule has 0 radical (unpaired) electrons. The summed E-state index contributed by atoms with van der Waals surface area (Å²) in [7, 11) is 0. The maximum atomic E-state index is 13.7. The fraction of sp³-hybridized carbons (Fsp3) is 0.316. The number of carboxylic acid groups (broad SMARTS) is 1. The second kappa shape index (κ2) is 7.01. The van der Waals surface area contributed by atoms with Gasteiger partial charge in [-0.1, -0.05) is 30.4 Å². The summed E-state index contributed by atoms with van der Waals surface area (Å²) in [5.41, 5.74) is 1.10. The molecule has 1 unspecified atom stereocenters. The molecule has 3 rings (SSSR count). The first-order chi connectivity index (χ1) is 12.0. The molecule has 0 aromatic heterocycles. The van der Waals surface area contributed by atoms with Crippen LogP contribution in [0, 0.1) is 11.7 Å². The van der Waals surface area contributed by atoms with Crippen LogP contribution in [0.3, 0.4) is 0 Å². The minimum absolute atomic E-state index is 0.0297. The standard InChI is InChI=1S/C19H18FNO4/c20-14-7-2-1-5-12(14)6-4-10-21-11-13(19(24)25)18(23)17-15(21)8-3-9-16(17)22/h1-2,4-7,13H,3,8-11H2,(H,24,25)/b6-4+. The molecular formula is C19H18FNO4. The van der Waals surface area contributed by atoms with Crippen LogP contribution in [0.4, 0.5) is 4.39 Å². The Morgan fingerprint density at radius 2 is 2.04 bits per heavy atom. The van der Waals surface area contributed by atoms with Crippen LogP contribution in [0.25, 0.3) is 6.08 Å². The molecule has 1 aromatic rings. The molecule has 1 atom stereocenters. The molecule has 0 saturated carbocycles. The van der Waals surface area contributed by atoms with E-state index in [9.17, 15) is 23.9 Å². The van der Waals surface area contributed by atoms with E-state index in [0.717, 1.165) is 0 Å². The molecule has 130 valence electrons. The van der Waals surface area contributed by atoms with E-state index in [2.05, 4.69) is 0 Å². The summed E-state index contributed by atoms with van der Waals surface area (Å²) in [6, 6.07) is 6.33. The second-order valence-electron chi connectivity index (χ2n) is 6.18. The van der Waals surface area contributed by atoms with Gasteiger partial charge in [0.25, 0.3) is 0 Å². The summed E-state index contributed by atoms with van der Waals surface area (Å²) in [5, 5.41) is 9.29. The van der Waals surface area contributed by atoms with Crippen LogP contribution in [0.2, 0.25) is 0 Å². The molecule has 0 spiro atoms. The Bertz CT molecular complexity index is 796. The highest BCUT2D eigenvalue weighted by Crippen LogP contribution is 2.32. The van der Waals surface area contributed by atoms with Gasteiger partial charge in [0.1, 0.15) is 11.7 Å². The van der Waals surface area contributed by atoms with Crippen molar-refractivity contribution in [3.8, 4) is 0 Å². The number of allylic oxidation sites excluding steroid dienone is 2. The molecule has 0 saturated heterocycles. The summed E-state index contributed by atoms with van der Waals surface area (Å²) in [6.45, 7) is 0.347. The zero-order valence-electron chi connectivity index (χ0n) is 13.6. The number of Topliss-reactive ketones (excluding diaryl/α,β-unsaturated/α-hetero) is 2. The summed E-state index contributed by atoms with van der Waals surface area (Å²) in [5.74, 6) is -3.66. The number of hydrogen-bond donors (Lipinski definition) is 1. The lowest BCUT2D eigenvalue weighted by Crippen LogP contribution is -2.46. The molecule has 1 aliphatic carbocycles. The van der Waals surface area contributed by atoms with Gasteiger partial charge < -0.3 is 10.0 Å². The van der Waals surface area contributed by atoms with Gasteiger partial charge >= 0.3 is 5.97 Å². The Balaban J connectivity index is 1.86. The maximum absolute atomic E-state index is 13.7. The Labute approximate surface area is 144 Å². The number of nitrogens with zero attached hydrogens (tertiary/aromatic N) is 1. The van der Waals surface area contributed by atoms with Crippen molar-refractivity contribution in [1.29, 1.82) is 0 Å². The molecule has 1 aliphatic heterocycles. The fourth-order valence-electron chi connectivity index (χ4n) is 3.30. The smallest absolute Gasteiger partial charge is 0.316 e. The van der Waals surface area contributed by atoms with Crippen LogP contribution < -0.4 is 0 Å². The molecule has 0 amide bonds. The van der Waals surface area contributed by atoms with Crippen molar-refractivity contribution < 1.29 is 23.9 Å². The van der Waals surface area contributed by atoms with Crippen molar-refractivity contribution in [3.63, 3.8) is 0 Å². The Morgan fingerprint density at radius 1 is 1.28 bits per heavy atom. The van der Waals surface area contributed by atoms with Crippen molar-refractivity contribution >= 4 is 23.6 Å². The van der Waals surface area contributed by atoms with Gasteiger partial charge in [0.15, 0.2) is 11.6 Å². The van der Waals surface area contributed by atoms with Crippen LogP contribution in [0.15, 0.2) is 41.6 Å². The highest BCUT2D eigenvalue weighted by molar-refractivity contribution is 6.25. The molecule has 0 bridgehead atoms. The van der Waals surface area contributed by atoms with Gasteiger partial charge in [-0.3, -0.25) is 14.4 Å². The van der Waals surface area contributed by atoms with E-state index in [4.69, 9.17) is 0 Å². The van der Waals surface area contributed by atoms with Crippen LogP contribution in [-0.4, -0.2) is 40.6 Å². The zero-order valence-corrected chi connectivity index (χ0v) is 13.6. The predicted octanol–water partition coefficient (Wildman–Crippen LogP) is 2.43. The highest BCUT2D eigenvalue weighted by Gasteiger charge is 2.41. The second-order valence-corrected chi connectivity index (χ2v) is 6.18. The molecular weight excluding hydrogens is 325 g/mol. The van der Waals surface area contributed by atoms with Gasteiger partial charge in [-0.15, -0.1) is 0 Å². The number of ketones is 2. The number of halogens is 1. The largest absolute Gasteiger partial charge is 0.481 e.